The predicted molar refractivity (Wildman–Crippen MR) is 144 cm³/mol. The molecule has 2 aromatic carbocycles. The third-order valence-electron chi connectivity index (χ3n) is 7.08. The van der Waals surface area contributed by atoms with Crippen molar-refractivity contribution in [2.24, 2.45) is 5.92 Å². The van der Waals surface area contributed by atoms with Gasteiger partial charge in [0.1, 0.15) is 5.75 Å². The molecule has 2 aromatic heterocycles. The fraction of sp³-hybridized carbons (Fsp3) is 0.345. The lowest BCUT2D eigenvalue weighted by atomic mass is 10.0. The number of aromatic nitrogens is 3. The highest BCUT2D eigenvalue weighted by atomic mass is 19.1. The molecular formula is C29H30FN5O4. The van der Waals surface area contributed by atoms with Crippen molar-refractivity contribution in [3.05, 3.63) is 66.1 Å². The molecule has 202 valence electrons. The lowest BCUT2D eigenvalue weighted by molar-refractivity contribution is 0.0699. The summed E-state index contributed by atoms with van der Waals surface area (Å²) >= 11 is 0. The second-order valence-electron chi connectivity index (χ2n) is 9.94. The molecule has 9 nitrogen and oxygen atoms in total. The van der Waals surface area contributed by atoms with Gasteiger partial charge in [0.2, 0.25) is 5.88 Å². The van der Waals surface area contributed by atoms with Gasteiger partial charge in [-0.1, -0.05) is 12.1 Å². The van der Waals surface area contributed by atoms with Gasteiger partial charge in [-0.25, -0.2) is 13.9 Å². The molecule has 1 saturated carbocycles. The number of imidazole rings is 1. The summed E-state index contributed by atoms with van der Waals surface area (Å²) < 4.78 is 32.9. The average Bonchev–Trinajstić information content (AvgIpc) is 3.68. The van der Waals surface area contributed by atoms with E-state index in [1.165, 1.54) is 19.2 Å². The number of methoxy groups -OCH3 is 1. The maximum Gasteiger partial charge on any atom is 0.251 e. The molecule has 4 aromatic rings. The lowest BCUT2D eigenvalue weighted by Crippen LogP contribution is -2.25. The van der Waals surface area contributed by atoms with Crippen molar-refractivity contribution in [2.75, 3.05) is 32.2 Å². The summed E-state index contributed by atoms with van der Waals surface area (Å²) in [6.45, 7) is 2.25. The molecule has 2 fully saturated rings. The van der Waals surface area contributed by atoms with Gasteiger partial charge in [0.05, 0.1) is 24.7 Å². The van der Waals surface area contributed by atoms with E-state index in [0.29, 0.717) is 34.6 Å². The summed E-state index contributed by atoms with van der Waals surface area (Å²) in [6, 6.07) is 13.8. The molecule has 2 N–H and O–H groups in total. The fourth-order valence-electron chi connectivity index (χ4n) is 4.62. The Morgan fingerprint density at radius 3 is 2.62 bits per heavy atom. The number of amides is 1. The molecule has 6 rings (SSSR count). The number of hydrogen-bond donors (Lipinski definition) is 2. The summed E-state index contributed by atoms with van der Waals surface area (Å²) in [5, 5.41) is 11.2. The Hall–Kier alpha value is -4.18. The minimum Gasteiger partial charge on any atom is -0.497 e. The third-order valence-corrected chi connectivity index (χ3v) is 7.08. The van der Waals surface area contributed by atoms with Crippen molar-refractivity contribution in [3.63, 3.8) is 0 Å². The van der Waals surface area contributed by atoms with Crippen molar-refractivity contribution in [2.45, 2.75) is 31.7 Å². The normalized spacial score (nSPS) is 15.7. The topological polar surface area (TPSA) is 99.0 Å². The standard InChI is InChI=1S/C29H30FN5O4/c1-37-22-8-9-26(23(30)14-22)39-27-15-24(31-16-18-10-12-38-13-11-18)28-32-17-25(35(28)34-27)19-2-4-20(5-3-19)29(36)33-21-6-7-21/h2-5,8-9,14-15,17-18,21,31H,6-7,10-13,16H2,1H3,(H,33,36). The molecule has 1 amide bonds. The highest BCUT2D eigenvalue weighted by Crippen LogP contribution is 2.32. The van der Waals surface area contributed by atoms with E-state index in [1.54, 1.807) is 35.0 Å². The molecule has 0 atom stereocenters. The fourth-order valence-corrected chi connectivity index (χ4v) is 4.62. The minimum absolute atomic E-state index is 0.0331. The second-order valence-corrected chi connectivity index (χ2v) is 9.94. The quantitative estimate of drug-likeness (QED) is 0.311. The van der Waals surface area contributed by atoms with Gasteiger partial charge in [0, 0.05) is 49.1 Å². The Morgan fingerprint density at radius 1 is 1.10 bits per heavy atom. The van der Waals surface area contributed by atoms with Crippen molar-refractivity contribution in [1.82, 2.24) is 19.9 Å². The molecule has 1 aliphatic heterocycles. The number of benzene rings is 2. The van der Waals surface area contributed by atoms with Crippen LogP contribution in [0.4, 0.5) is 10.1 Å². The zero-order chi connectivity index (χ0) is 26.8. The molecule has 2 aliphatic rings. The third kappa shape index (κ3) is 5.65. The van der Waals surface area contributed by atoms with Crippen molar-refractivity contribution in [1.29, 1.82) is 0 Å². The molecule has 0 radical (unpaired) electrons. The first-order valence-electron chi connectivity index (χ1n) is 13.2. The Morgan fingerprint density at radius 2 is 1.90 bits per heavy atom. The van der Waals surface area contributed by atoms with Crippen LogP contribution in [-0.4, -0.2) is 53.4 Å². The highest BCUT2D eigenvalue weighted by molar-refractivity contribution is 5.95. The lowest BCUT2D eigenvalue weighted by Gasteiger charge is -2.22. The molecule has 0 bridgehead atoms. The number of carbonyl (C=O) groups excluding carboxylic acids is 1. The maximum atomic E-state index is 14.7. The summed E-state index contributed by atoms with van der Waals surface area (Å²) in [5.74, 6) is 0.481. The predicted octanol–water partition coefficient (Wildman–Crippen LogP) is 5.07. The van der Waals surface area contributed by atoms with Gasteiger partial charge >= 0.3 is 0 Å². The molecule has 0 spiro atoms. The van der Waals surface area contributed by atoms with E-state index in [2.05, 4.69) is 20.7 Å². The van der Waals surface area contributed by atoms with Crippen LogP contribution < -0.4 is 20.1 Å². The number of rotatable bonds is 9. The number of ether oxygens (including phenoxy) is 3. The van der Waals surface area contributed by atoms with Crippen LogP contribution >= 0.6 is 0 Å². The first kappa shape index (κ1) is 25.1. The van der Waals surface area contributed by atoms with E-state index < -0.39 is 5.82 Å². The monoisotopic (exact) mass is 531 g/mol. The van der Waals surface area contributed by atoms with Crippen molar-refractivity contribution < 1.29 is 23.4 Å². The second kappa shape index (κ2) is 10.9. The zero-order valence-electron chi connectivity index (χ0n) is 21.7. The van der Waals surface area contributed by atoms with Gasteiger partial charge in [-0.2, -0.15) is 0 Å². The van der Waals surface area contributed by atoms with E-state index in [9.17, 15) is 9.18 Å². The van der Waals surface area contributed by atoms with Gasteiger partial charge < -0.3 is 24.8 Å². The van der Waals surface area contributed by atoms with Gasteiger partial charge in [0.15, 0.2) is 17.2 Å². The van der Waals surface area contributed by atoms with Crippen molar-refractivity contribution >= 4 is 17.2 Å². The van der Waals surface area contributed by atoms with Gasteiger partial charge in [-0.05, 0) is 55.9 Å². The van der Waals surface area contributed by atoms with Crippen LogP contribution in [0.5, 0.6) is 17.4 Å². The molecular weight excluding hydrogens is 501 g/mol. The van der Waals surface area contributed by atoms with Crippen LogP contribution in [0.3, 0.4) is 0 Å². The summed E-state index contributed by atoms with van der Waals surface area (Å²) in [7, 11) is 1.48. The van der Waals surface area contributed by atoms with E-state index in [-0.39, 0.29) is 17.5 Å². The number of fused-ring (bicyclic) bond motifs is 1. The van der Waals surface area contributed by atoms with Crippen LogP contribution in [0.2, 0.25) is 0 Å². The van der Waals surface area contributed by atoms with Crippen LogP contribution in [0, 0.1) is 11.7 Å². The van der Waals surface area contributed by atoms with E-state index in [0.717, 1.165) is 56.7 Å². The number of nitrogens with zero attached hydrogens (tertiary/aromatic N) is 3. The number of anilines is 1. The first-order valence-corrected chi connectivity index (χ1v) is 13.2. The summed E-state index contributed by atoms with van der Waals surface area (Å²) in [6.07, 6.45) is 5.77. The minimum atomic E-state index is -0.557. The first-order chi connectivity index (χ1) is 19.1. The molecule has 0 unspecified atom stereocenters. The van der Waals surface area contributed by atoms with Crippen LogP contribution in [0.25, 0.3) is 16.9 Å². The highest BCUT2D eigenvalue weighted by Gasteiger charge is 2.24. The number of halogens is 1. The van der Waals surface area contributed by atoms with Crippen LogP contribution in [-0.2, 0) is 4.74 Å². The van der Waals surface area contributed by atoms with Gasteiger partial charge in [-0.3, -0.25) is 4.79 Å². The number of hydrogen-bond acceptors (Lipinski definition) is 7. The Labute approximate surface area is 225 Å². The zero-order valence-corrected chi connectivity index (χ0v) is 21.7. The largest absolute Gasteiger partial charge is 0.497 e. The van der Waals surface area contributed by atoms with Gasteiger partial charge in [-0.15, -0.1) is 5.10 Å². The Balaban J connectivity index is 1.33. The molecule has 39 heavy (non-hydrogen) atoms. The smallest absolute Gasteiger partial charge is 0.251 e. The Kier molecular flexibility index (Phi) is 7.02. The van der Waals surface area contributed by atoms with E-state index >= 15 is 0 Å². The molecule has 1 aliphatic carbocycles. The number of carbonyl (C=O) groups is 1. The molecule has 10 heteroatoms. The SMILES string of the molecule is COc1ccc(Oc2cc(NCC3CCOCC3)c3ncc(-c4ccc(C(=O)NC5CC5)cc4)n3n2)c(F)c1. The maximum absolute atomic E-state index is 14.7. The number of nitrogens with one attached hydrogen (secondary N) is 2. The summed E-state index contributed by atoms with van der Waals surface area (Å²) in [4.78, 5) is 17.1. The van der Waals surface area contributed by atoms with Crippen molar-refractivity contribution in [3.8, 4) is 28.6 Å². The molecule has 1 saturated heterocycles. The molecule has 3 heterocycles. The average molecular weight is 532 g/mol. The van der Waals surface area contributed by atoms with E-state index in [4.69, 9.17) is 14.2 Å². The van der Waals surface area contributed by atoms with Gasteiger partial charge in [0.25, 0.3) is 5.91 Å². The van der Waals surface area contributed by atoms with Crippen LogP contribution in [0.1, 0.15) is 36.0 Å². The van der Waals surface area contributed by atoms with E-state index in [1.807, 2.05) is 12.1 Å². The van der Waals surface area contributed by atoms with Crippen LogP contribution in [0.15, 0.2) is 54.7 Å². The summed E-state index contributed by atoms with van der Waals surface area (Å²) in [5.41, 5.74) is 3.50. The Bertz CT molecular complexity index is 1480.